The van der Waals surface area contributed by atoms with Gasteiger partial charge >= 0.3 is 24.2 Å². The van der Waals surface area contributed by atoms with Crippen LogP contribution in [-0.4, -0.2) is 30.1 Å². The molecule has 1 aliphatic heterocycles. The van der Waals surface area contributed by atoms with E-state index in [1.165, 1.54) is 0 Å². The number of halogens is 9. The third-order valence-electron chi connectivity index (χ3n) is 1.76. The molecule has 17 heavy (non-hydrogen) atoms. The minimum atomic E-state index is -6.46. The van der Waals surface area contributed by atoms with Gasteiger partial charge in [-0.15, -0.1) is 0 Å². The molecule has 102 valence electrons. The third-order valence-corrected chi connectivity index (χ3v) is 1.76. The molecule has 0 N–H and O–H groups in total. The second-order valence-electron chi connectivity index (χ2n) is 3.06. The second kappa shape index (κ2) is 3.19. The van der Waals surface area contributed by atoms with Gasteiger partial charge in [-0.3, -0.25) is 11.7 Å². The van der Waals surface area contributed by atoms with Crippen LogP contribution in [0.1, 0.15) is 0 Å². The summed E-state index contributed by atoms with van der Waals surface area (Å²) in [6.07, 6.45) is -18.4. The van der Waals surface area contributed by atoms with Crippen molar-refractivity contribution in [1.29, 1.82) is 0 Å². The van der Waals surface area contributed by atoms with Crippen LogP contribution >= 0.6 is 0 Å². The standard InChI is InChI=1S/C6H2F9O2/c1-2(7)6(14,15)17-3(16-2,4(8,9)10)5(11,12)13/h1H2/q-1. The first kappa shape index (κ1) is 14.4. The van der Waals surface area contributed by atoms with Crippen molar-refractivity contribution >= 4 is 0 Å². The number of hydrogen-bond acceptors (Lipinski definition) is 2. The van der Waals surface area contributed by atoms with Gasteiger partial charge in [-0.05, 0) is 0 Å². The highest BCUT2D eigenvalue weighted by Crippen LogP contribution is 2.58. The molecule has 1 fully saturated rings. The Hall–Kier alpha value is -0.710. The van der Waals surface area contributed by atoms with Gasteiger partial charge in [0.25, 0.3) is 0 Å². The third kappa shape index (κ3) is 1.84. The smallest absolute Gasteiger partial charge is 0.320 e. The largest absolute Gasteiger partial charge is 0.453 e. The van der Waals surface area contributed by atoms with Crippen LogP contribution in [0.4, 0.5) is 39.5 Å². The van der Waals surface area contributed by atoms with Crippen molar-refractivity contribution < 1.29 is 49.0 Å². The average molecular weight is 277 g/mol. The zero-order chi connectivity index (χ0) is 13.9. The van der Waals surface area contributed by atoms with Crippen molar-refractivity contribution in [3.8, 4) is 0 Å². The monoisotopic (exact) mass is 277 g/mol. The highest BCUT2D eigenvalue weighted by Gasteiger charge is 2.84. The van der Waals surface area contributed by atoms with E-state index in [4.69, 9.17) is 0 Å². The molecule has 0 spiro atoms. The van der Waals surface area contributed by atoms with Gasteiger partial charge in [0.1, 0.15) is 0 Å². The molecule has 0 aliphatic carbocycles. The summed E-state index contributed by atoms with van der Waals surface area (Å²) in [4.78, 5) is 0. The molecular formula is C6H2F9O2-. The Morgan fingerprint density at radius 3 is 1.24 bits per heavy atom. The zero-order valence-electron chi connectivity index (χ0n) is 7.43. The van der Waals surface area contributed by atoms with Crippen LogP contribution in [0, 0.1) is 6.92 Å². The van der Waals surface area contributed by atoms with E-state index in [-0.39, 0.29) is 0 Å². The van der Waals surface area contributed by atoms with Crippen LogP contribution < -0.4 is 0 Å². The first-order valence-electron chi connectivity index (χ1n) is 3.62. The van der Waals surface area contributed by atoms with E-state index in [0.29, 0.717) is 0 Å². The lowest BCUT2D eigenvalue weighted by Crippen LogP contribution is -2.58. The van der Waals surface area contributed by atoms with Gasteiger partial charge in [0.05, 0.1) is 0 Å². The lowest BCUT2D eigenvalue weighted by Gasteiger charge is -2.32. The summed E-state index contributed by atoms with van der Waals surface area (Å²) >= 11 is 0. The lowest BCUT2D eigenvalue weighted by molar-refractivity contribution is -0.463. The topological polar surface area (TPSA) is 18.5 Å². The molecule has 0 aromatic heterocycles. The summed E-state index contributed by atoms with van der Waals surface area (Å²) in [6, 6.07) is 0. The molecule has 1 aliphatic rings. The molecule has 0 saturated carbocycles. The van der Waals surface area contributed by atoms with Gasteiger partial charge in [-0.2, -0.15) is 35.1 Å². The fraction of sp³-hybridized carbons (Fsp3) is 0.833. The number of alkyl halides is 9. The van der Waals surface area contributed by atoms with Gasteiger partial charge in [-0.25, -0.2) is 4.39 Å². The highest BCUT2D eigenvalue weighted by atomic mass is 19.4. The van der Waals surface area contributed by atoms with Crippen LogP contribution in [-0.2, 0) is 9.47 Å². The van der Waals surface area contributed by atoms with E-state index in [1.54, 1.807) is 6.92 Å². The van der Waals surface area contributed by atoms with Gasteiger partial charge in [0, 0.05) is 0 Å². The minimum absolute atomic E-state index is 1.78. The molecule has 1 rings (SSSR count). The SMILES string of the molecule is [CH2-]C1(F)OC(C(F)(F)F)(C(F)(F)F)OC1(F)F. The highest BCUT2D eigenvalue weighted by molar-refractivity contribution is 5.00. The van der Waals surface area contributed by atoms with Crippen molar-refractivity contribution in [2.24, 2.45) is 0 Å². The van der Waals surface area contributed by atoms with E-state index in [9.17, 15) is 39.5 Å². The molecule has 11 heteroatoms. The Balaban J connectivity index is 3.34. The molecule has 1 atom stereocenters. The van der Waals surface area contributed by atoms with Crippen molar-refractivity contribution in [3.05, 3.63) is 6.92 Å². The fourth-order valence-corrected chi connectivity index (χ4v) is 0.957. The molecule has 1 saturated heterocycles. The zero-order valence-corrected chi connectivity index (χ0v) is 7.43. The summed E-state index contributed by atoms with van der Waals surface area (Å²) in [5.74, 6) is -10.6. The summed E-state index contributed by atoms with van der Waals surface area (Å²) < 4.78 is 115. The Labute approximate surface area is 87.3 Å². The van der Waals surface area contributed by atoms with Gasteiger partial charge < -0.3 is 4.74 Å². The van der Waals surface area contributed by atoms with Gasteiger partial charge in [0.2, 0.25) is 0 Å². The minimum Gasteiger partial charge on any atom is -0.320 e. The van der Waals surface area contributed by atoms with Crippen molar-refractivity contribution in [1.82, 2.24) is 0 Å². The maximum atomic E-state index is 12.7. The molecule has 0 aromatic carbocycles. The molecule has 1 heterocycles. The number of rotatable bonds is 0. The van der Waals surface area contributed by atoms with Crippen LogP contribution in [0.25, 0.3) is 0 Å². The van der Waals surface area contributed by atoms with Crippen LogP contribution in [0.5, 0.6) is 0 Å². The average Bonchev–Trinajstić information content (AvgIpc) is 2.15. The molecule has 2 nitrogen and oxygen atoms in total. The Morgan fingerprint density at radius 1 is 0.765 bits per heavy atom. The van der Waals surface area contributed by atoms with Crippen molar-refractivity contribution in [3.63, 3.8) is 0 Å². The van der Waals surface area contributed by atoms with E-state index in [0.717, 1.165) is 0 Å². The number of ether oxygens (including phenoxy) is 2. The summed E-state index contributed by atoms with van der Waals surface area (Å²) in [7, 11) is 0. The Morgan fingerprint density at radius 2 is 1.12 bits per heavy atom. The van der Waals surface area contributed by atoms with Crippen LogP contribution in [0.2, 0.25) is 0 Å². The maximum absolute atomic E-state index is 12.7. The maximum Gasteiger partial charge on any atom is 0.453 e. The van der Waals surface area contributed by atoms with E-state index in [2.05, 4.69) is 9.47 Å². The Bertz CT molecular complexity index is 282. The predicted octanol–water partition coefficient (Wildman–Crippen LogP) is 2.95. The summed E-state index contributed by atoms with van der Waals surface area (Å²) in [6.45, 7) is 1.78. The quantitative estimate of drug-likeness (QED) is 0.500. The van der Waals surface area contributed by atoms with E-state index < -0.39 is 30.1 Å². The van der Waals surface area contributed by atoms with Crippen LogP contribution in [0.15, 0.2) is 0 Å². The molecule has 0 bridgehead atoms. The lowest BCUT2D eigenvalue weighted by atomic mass is 10.2. The van der Waals surface area contributed by atoms with E-state index >= 15 is 0 Å². The first-order valence-corrected chi connectivity index (χ1v) is 3.62. The molecule has 0 aromatic rings. The van der Waals surface area contributed by atoms with E-state index in [1.807, 2.05) is 0 Å². The van der Waals surface area contributed by atoms with Crippen LogP contribution in [0.3, 0.4) is 0 Å². The second-order valence-corrected chi connectivity index (χ2v) is 3.06. The molecule has 1 unspecified atom stereocenters. The summed E-state index contributed by atoms with van der Waals surface area (Å²) in [5, 5.41) is 0. The number of hydrogen-bond donors (Lipinski definition) is 0. The van der Waals surface area contributed by atoms with Gasteiger partial charge in [-0.1, -0.05) is 0 Å². The fourth-order valence-electron chi connectivity index (χ4n) is 0.957. The van der Waals surface area contributed by atoms with Gasteiger partial charge in [0.15, 0.2) is 5.85 Å². The predicted molar refractivity (Wildman–Crippen MR) is 31.2 cm³/mol. The van der Waals surface area contributed by atoms with Crippen molar-refractivity contribution in [2.45, 2.75) is 30.1 Å². The Kier molecular flexibility index (Phi) is 2.69. The summed E-state index contributed by atoms with van der Waals surface area (Å²) in [5.41, 5.74) is 0. The molecule has 0 radical (unpaired) electrons. The normalized spacial score (nSPS) is 32.8. The van der Waals surface area contributed by atoms with Crippen molar-refractivity contribution in [2.75, 3.05) is 0 Å². The molecule has 0 amide bonds. The molecular weight excluding hydrogens is 275 g/mol. The first-order chi connectivity index (χ1) is 7.16.